The van der Waals surface area contributed by atoms with Gasteiger partial charge in [-0.15, -0.1) is 11.3 Å². The van der Waals surface area contributed by atoms with Crippen molar-refractivity contribution in [1.29, 1.82) is 0 Å². The topological polar surface area (TPSA) is 81.8 Å². The first-order valence-electron chi connectivity index (χ1n) is 10.2. The fourth-order valence-electron chi connectivity index (χ4n) is 3.99. The van der Waals surface area contributed by atoms with E-state index in [1.165, 1.54) is 16.9 Å². The molecule has 0 bridgehead atoms. The number of aromatic nitrogens is 4. The van der Waals surface area contributed by atoms with Crippen LogP contribution in [-0.4, -0.2) is 25.2 Å². The normalized spacial score (nSPS) is 13.3. The molecule has 0 saturated carbocycles. The first-order valence-corrected chi connectivity index (χ1v) is 11.8. The summed E-state index contributed by atoms with van der Waals surface area (Å²) in [6.07, 6.45) is 9.50. The zero-order valence-corrected chi connectivity index (χ0v) is 19.1. The zero-order chi connectivity index (χ0) is 21.4. The summed E-state index contributed by atoms with van der Waals surface area (Å²) >= 11 is 5.08. The van der Waals surface area contributed by atoms with E-state index >= 15 is 0 Å². The van der Waals surface area contributed by atoms with Crippen molar-refractivity contribution in [3.63, 3.8) is 0 Å². The van der Waals surface area contributed by atoms with E-state index in [0.717, 1.165) is 39.6 Å². The van der Waals surface area contributed by atoms with Crippen molar-refractivity contribution in [3.05, 3.63) is 68.3 Å². The highest BCUT2D eigenvalue weighted by Crippen LogP contribution is 2.33. The van der Waals surface area contributed by atoms with Gasteiger partial charge in [-0.25, -0.2) is 9.67 Å². The molecule has 0 spiro atoms. The van der Waals surface area contributed by atoms with E-state index in [1.807, 2.05) is 30.5 Å². The molecule has 3 aromatic heterocycles. The van der Waals surface area contributed by atoms with Gasteiger partial charge >= 0.3 is 0 Å². The van der Waals surface area contributed by atoms with Crippen molar-refractivity contribution >= 4 is 49.1 Å². The molecule has 1 aromatic carbocycles. The third-order valence-corrected chi connectivity index (χ3v) is 7.20. The molecule has 0 aliphatic heterocycles. The first-order chi connectivity index (χ1) is 15.1. The van der Waals surface area contributed by atoms with E-state index in [4.69, 9.17) is 0 Å². The lowest BCUT2D eigenvalue weighted by atomic mass is 9.97. The van der Waals surface area contributed by atoms with Crippen LogP contribution in [0.25, 0.3) is 15.9 Å². The van der Waals surface area contributed by atoms with Gasteiger partial charge in [-0.2, -0.15) is 5.10 Å². The number of nitrogens with one attached hydrogen (secondary N) is 1. The quantitative estimate of drug-likeness (QED) is 0.445. The number of amides is 1. The fraction of sp³-hybridized carbons (Fsp3) is 0.273. The van der Waals surface area contributed by atoms with Gasteiger partial charge in [0, 0.05) is 34.7 Å². The third kappa shape index (κ3) is 3.95. The average Bonchev–Trinajstić information content (AvgIpc) is 3.41. The van der Waals surface area contributed by atoms with Gasteiger partial charge in [0.25, 0.3) is 5.56 Å². The predicted molar refractivity (Wildman–Crippen MR) is 125 cm³/mol. The summed E-state index contributed by atoms with van der Waals surface area (Å²) in [5, 5.41) is 7.94. The molecule has 9 heteroatoms. The molecule has 1 aliphatic carbocycles. The van der Waals surface area contributed by atoms with Crippen LogP contribution in [0.2, 0.25) is 0 Å². The van der Waals surface area contributed by atoms with Crippen LogP contribution < -0.4 is 10.9 Å². The number of thiophene rings is 1. The lowest BCUT2D eigenvalue weighted by Gasteiger charge is -2.12. The lowest BCUT2D eigenvalue weighted by molar-refractivity contribution is -0.116. The number of halogens is 1. The first kappa shape index (κ1) is 20.1. The molecule has 0 fully saturated rings. The number of rotatable bonds is 5. The molecule has 0 atom stereocenters. The Hall–Kier alpha value is -2.78. The molecule has 7 nitrogen and oxygen atoms in total. The number of fused-ring (bicyclic) bond motifs is 3. The monoisotopic (exact) mass is 497 g/mol. The van der Waals surface area contributed by atoms with Crippen LogP contribution in [0.15, 0.2) is 52.3 Å². The van der Waals surface area contributed by atoms with Gasteiger partial charge in [0.2, 0.25) is 5.91 Å². The smallest absolute Gasteiger partial charge is 0.262 e. The summed E-state index contributed by atoms with van der Waals surface area (Å²) in [5.41, 5.74) is 2.54. The fourth-order valence-corrected chi connectivity index (χ4v) is 5.58. The molecule has 0 radical (unpaired) electrons. The van der Waals surface area contributed by atoms with E-state index in [1.54, 1.807) is 33.1 Å². The second kappa shape index (κ2) is 8.39. The predicted octanol–water partition coefficient (Wildman–Crippen LogP) is 4.31. The van der Waals surface area contributed by atoms with Gasteiger partial charge in [0.05, 0.1) is 23.1 Å². The molecule has 0 unspecified atom stereocenters. The van der Waals surface area contributed by atoms with Crippen LogP contribution in [0, 0.1) is 0 Å². The van der Waals surface area contributed by atoms with Crippen molar-refractivity contribution in [2.75, 3.05) is 5.32 Å². The standard InChI is InChI=1S/C22H20BrN5O2S/c23-14-6-7-17(28-10-3-9-25-28)16(12-14)26-19(29)8-11-27-13-24-21-20(22(27)30)15-4-1-2-5-18(15)31-21/h3,6-7,9-10,12-13H,1-2,4-5,8,11H2,(H,26,29). The second-order valence-corrected chi connectivity index (χ2v) is 9.54. The SMILES string of the molecule is O=C(CCn1cnc2sc3c(c2c1=O)CCCC3)Nc1cc(Br)ccc1-n1cccn1. The summed E-state index contributed by atoms with van der Waals surface area (Å²) < 4.78 is 4.11. The number of hydrogen-bond donors (Lipinski definition) is 1. The van der Waals surface area contributed by atoms with Crippen LogP contribution >= 0.6 is 27.3 Å². The number of aryl methyl sites for hydroxylation is 3. The van der Waals surface area contributed by atoms with Crippen molar-refractivity contribution in [1.82, 2.24) is 19.3 Å². The number of hydrogen-bond acceptors (Lipinski definition) is 5. The van der Waals surface area contributed by atoms with Gasteiger partial charge in [-0.05, 0) is 55.5 Å². The van der Waals surface area contributed by atoms with Gasteiger partial charge in [0.15, 0.2) is 0 Å². The van der Waals surface area contributed by atoms with Crippen LogP contribution in [0.5, 0.6) is 0 Å². The largest absolute Gasteiger partial charge is 0.324 e. The lowest BCUT2D eigenvalue weighted by Crippen LogP contribution is -2.24. The van der Waals surface area contributed by atoms with E-state index in [0.29, 0.717) is 5.69 Å². The maximum absolute atomic E-state index is 13.1. The minimum Gasteiger partial charge on any atom is -0.324 e. The molecule has 31 heavy (non-hydrogen) atoms. The van der Waals surface area contributed by atoms with Crippen LogP contribution in [-0.2, 0) is 24.2 Å². The summed E-state index contributed by atoms with van der Waals surface area (Å²) in [4.78, 5) is 32.4. The molecular weight excluding hydrogens is 478 g/mol. The van der Waals surface area contributed by atoms with Gasteiger partial charge < -0.3 is 5.32 Å². The Morgan fingerprint density at radius 1 is 1.26 bits per heavy atom. The highest BCUT2D eigenvalue weighted by Gasteiger charge is 2.20. The highest BCUT2D eigenvalue weighted by atomic mass is 79.9. The van der Waals surface area contributed by atoms with E-state index in [-0.39, 0.29) is 24.4 Å². The Kier molecular flexibility index (Phi) is 5.45. The maximum atomic E-state index is 13.1. The molecule has 158 valence electrons. The van der Waals surface area contributed by atoms with Crippen LogP contribution in [0.1, 0.15) is 29.7 Å². The molecule has 3 heterocycles. The van der Waals surface area contributed by atoms with Gasteiger partial charge in [-0.3, -0.25) is 14.2 Å². The molecule has 4 aromatic rings. The van der Waals surface area contributed by atoms with E-state index < -0.39 is 0 Å². The van der Waals surface area contributed by atoms with Crippen molar-refractivity contribution < 1.29 is 4.79 Å². The summed E-state index contributed by atoms with van der Waals surface area (Å²) in [6, 6.07) is 7.45. The maximum Gasteiger partial charge on any atom is 0.262 e. The number of carbonyl (C=O) groups excluding carboxylic acids is 1. The van der Waals surface area contributed by atoms with E-state index in [2.05, 4.69) is 31.3 Å². The Balaban J connectivity index is 1.35. The van der Waals surface area contributed by atoms with Crippen molar-refractivity contribution in [2.24, 2.45) is 0 Å². The molecule has 5 rings (SSSR count). The van der Waals surface area contributed by atoms with Crippen molar-refractivity contribution in [3.8, 4) is 5.69 Å². The third-order valence-electron chi connectivity index (χ3n) is 5.51. The molecule has 0 saturated heterocycles. The Labute approximate surface area is 190 Å². The Morgan fingerprint density at radius 2 is 2.13 bits per heavy atom. The Morgan fingerprint density at radius 3 is 2.97 bits per heavy atom. The second-order valence-electron chi connectivity index (χ2n) is 7.54. The van der Waals surface area contributed by atoms with Gasteiger partial charge in [-0.1, -0.05) is 15.9 Å². The molecule has 1 aliphatic rings. The number of anilines is 1. The summed E-state index contributed by atoms with van der Waals surface area (Å²) in [7, 11) is 0. The highest BCUT2D eigenvalue weighted by molar-refractivity contribution is 9.10. The van der Waals surface area contributed by atoms with Gasteiger partial charge in [0.1, 0.15) is 4.83 Å². The van der Waals surface area contributed by atoms with Crippen LogP contribution in [0.3, 0.4) is 0 Å². The Bertz CT molecular complexity index is 1330. The number of carbonyl (C=O) groups is 1. The minimum absolute atomic E-state index is 0.0446. The minimum atomic E-state index is -0.175. The van der Waals surface area contributed by atoms with Crippen LogP contribution in [0.4, 0.5) is 5.69 Å². The van der Waals surface area contributed by atoms with E-state index in [9.17, 15) is 9.59 Å². The number of benzene rings is 1. The zero-order valence-electron chi connectivity index (χ0n) is 16.7. The summed E-state index contributed by atoms with van der Waals surface area (Å²) in [6.45, 7) is 0.281. The summed E-state index contributed by atoms with van der Waals surface area (Å²) in [5.74, 6) is -0.175. The molecule has 1 amide bonds. The molecular formula is C22H20BrN5O2S. The molecule has 1 N–H and O–H groups in total. The van der Waals surface area contributed by atoms with Crippen molar-refractivity contribution in [2.45, 2.75) is 38.6 Å². The average molecular weight is 498 g/mol. The number of nitrogens with zero attached hydrogens (tertiary/aromatic N) is 4.